The van der Waals surface area contributed by atoms with Crippen molar-refractivity contribution in [1.82, 2.24) is 15.8 Å². The molecule has 0 radical (unpaired) electrons. The molecular formula is C17H25N3O4S. The molecule has 0 unspecified atom stereocenters. The molecule has 1 saturated heterocycles. The molecule has 1 atom stereocenters. The van der Waals surface area contributed by atoms with Gasteiger partial charge in [-0.05, 0) is 44.7 Å². The number of carbonyl (C=O) groups excluding carboxylic acids is 3. The number of hydrogen-bond acceptors (Lipinski definition) is 5. The smallest absolute Gasteiger partial charge is 0.409 e. The van der Waals surface area contributed by atoms with E-state index >= 15 is 0 Å². The zero-order chi connectivity index (χ0) is 18.4. The second kappa shape index (κ2) is 8.84. The number of nitrogens with one attached hydrogen (secondary N) is 2. The first-order valence-electron chi connectivity index (χ1n) is 8.57. The summed E-state index contributed by atoms with van der Waals surface area (Å²) in [7, 11) is 0. The van der Waals surface area contributed by atoms with E-state index in [-0.39, 0.29) is 17.7 Å². The Kier molecular flexibility index (Phi) is 6.81. The zero-order valence-corrected chi connectivity index (χ0v) is 15.7. The van der Waals surface area contributed by atoms with Crippen molar-refractivity contribution < 1.29 is 19.1 Å². The van der Waals surface area contributed by atoms with Crippen LogP contribution in [0.4, 0.5) is 4.79 Å². The highest BCUT2D eigenvalue weighted by Gasteiger charge is 2.29. The van der Waals surface area contributed by atoms with Gasteiger partial charge in [0.05, 0.1) is 17.4 Å². The van der Waals surface area contributed by atoms with Gasteiger partial charge in [0.25, 0.3) is 5.91 Å². The Balaban J connectivity index is 1.86. The van der Waals surface area contributed by atoms with Crippen molar-refractivity contribution in [3.05, 3.63) is 21.4 Å². The van der Waals surface area contributed by atoms with Crippen LogP contribution in [0, 0.1) is 12.8 Å². The maximum Gasteiger partial charge on any atom is 0.409 e. The predicted molar refractivity (Wildman–Crippen MR) is 95.4 cm³/mol. The largest absolute Gasteiger partial charge is 0.450 e. The molecule has 7 nitrogen and oxygen atoms in total. The van der Waals surface area contributed by atoms with Crippen LogP contribution in [0.5, 0.6) is 0 Å². The third-order valence-electron chi connectivity index (χ3n) is 4.18. The van der Waals surface area contributed by atoms with Gasteiger partial charge >= 0.3 is 6.09 Å². The van der Waals surface area contributed by atoms with Crippen LogP contribution < -0.4 is 10.9 Å². The molecule has 0 bridgehead atoms. The first kappa shape index (κ1) is 19.2. The lowest BCUT2D eigenvalue weighted by Gasteiger charge is -2.31. The van der Waals surface area contributed by atoms with Gasteiger partial charge < -0.3 is 9.64 Å². The summed E-state index contributed by atoms with van der Waals surface area (Å²) in [6.07, 6.45) is 1.89. The lowest BCUT2D eigenvalue weighted by atomic mass is 9.98. The van der Waals surface area contributed by atoms with E-state index in [0.29, 0.717) is 31.0 Å². The molecule has 1 fully saturated rings. The van der Waals surface area contributed by atoms with Crippen molar-refractivity contribution >= 4 is 29.2 Å². The summed E-state index contributed by atoms with van der Waals surface area (Å²) in [6, 6.07) is 1.83. The molecule has 2 heterocycles. The molecule has 2 rings (SSSR count). The highest BCUT2D eigenvalue weighted by Crippen LogP contribution is 2.22. The van der Waals surface area contributed by atoms with E-state index in [0.717, 1.165) is 23.3 Å². The van der Waals surface area contributed by atoms with E-state index in [4.69, 9.17) is 4.74 Å². The Bertz CT molecular complexity index is 644. The number of carbonyl (C=O) groups is 3. The third kappa shape index (κ3) is 4.94. The summed E-state index contributed by atoms with van der Waals surface area (Å²) in [4.78, 5) is 39.5. The van der Waals surface area contributed by atoms with Gasteiger partial charge in [0.1, 0.15) is 0 Å². The summed E-state index contributed by atoms with van der Waals surface area (Å²) < 4.78 is 4.98. The quantitative estimate of drug-likeness (QED) is 0.799. The molecule has 138 valence electrons. The molecule has 1 aromatic heterocycles. The number of thiophene rings is 1. The van der Waals surface area contributed by atoms with Crippen LogP contribution in [-0.2, 0) is 16.0 Å². The summed E-state index contributed by atoms with van der Waals surface area (Å²) >= 11 is 1.43. The molecule has 0 saturated carbocycles. The molecule has 1 aliphatic heterocycles. The Morgan fingerprint density at radius 2 is 2.08 bits per heavy atom. The summed E-state index contributed by atoms with van der Waals surface area (Å²) in [5.41, 5.74) is 6.03. The molecule has 1 aromatic rings. The number of hydrogen-bond donors (Lipinski definition) is 2. The lowest BCUT2D eigenvalue weighted by Crippen LogP contribution is -2.50. The third-order valence-corrected chi connectivity index (χ3v) is 5.56. The normalized spacial score (nSPS) is 17.1. The highest BCUT2D eigenvalue weighted by molar-refractivity contribution is 7.14. The fourth-order valence-electron chi connectivity index (χ4n) is 2.84. The molecule has 25 heavy (non-hydrogen) atoms. The van der Waals surface area contributed by atoms with Crippen LogP contribution >= 0.6 is 11.3 Å². The molecule has 0 aromatic carbocycles. The van der Waals surface area contributed by atoms with Crippen molar-refractivity contribution in [2.24, 2.45) is 5.92 Å². The number of piperidine rings is 1. The molecule has 0 spiro atoms. The van der Waals surface area contributed by atoms with Gasteiger partial charge in [0.15, 0.2) is 0 Å². The second-order valence-electron chi connectivity index (χ2n) is 6.00. The molecular weight excluding hydrogens is 342 g/mol. The van der Waals surface area contributed by atoms with Crippen LogP contribution in [0.1, 0.15) is 46.8 Å². The topological polar surface area (TPSA) is 87.7 Å². The van der Waals surface area contributed by atoms with Gasteiger partial charge in [0, 0.05) is 18.0 Å². The van der Waals surface area contributed by atoms with Crippen LogP contribution in [0.3, 0.4) is 0 Å². The Morgan fingerprint density at radius 3 is 2.72 bits per heavy atom. The van der Waals surface area contributed by atoms with Gasteiger partial charge in [0.2, 0.25) is 5.91 Å². The molecule has 2 N–H and O–H groups in total. The van der Waals surface area contributed by atoms with Crippen LogP contribution in [0.15, 0.2) is 6.07 Å². The van der Waals surface area contributed by atoms with E-state index in [9.17, 15) is 14.4 Å². The molecule has 1 aliphatic rings. The monoisotopic (exact) mass is 367 g/mol. The van der Waals surface area contributed by atoms with Crippen LogP contribution in [0.25, 0.3) is 0 Å². The first-order chi connectivity index (χ1) is 12.0. The van der Waals surface area contributed by atoms with E-state index in [2.05, 4.69) is 10.9 Å². The number of amides is 3. The van der Waals surface area contributed by atoms with E-state index in [1.54, 1.807) is 6.92 Å². The first-order valence-corrected chi connectivity index (χ1v) is 9.39. The van der Waals surface area contributed by atoms with E-state index in [1.165, 1.54) is 16.2 Å². The highest BCUT2D eigenvalue weighted by atomic mass is 32.1. The molecule has 0 aliphatic carbocycles. The second-order valence-corrected chi connectivity index (χ2v) is 7.13. The summed E-state index contributed by atoms with van der Waals surface area (Å²) in [5, 5.41) is 0. The Labute approximate surface area is 151 Å². The molecule has 3 amide bonds. The maximum absolute atomic E-state index is 12.3. The minimum atomic E-state index is -0.398. The van der Waals surface area contributed by atoms with Crippen molar-refractivity contribution in [2.45, 2.75) is 40.0 Å². The number of rotatable bonds is 4. The number of aryl methyl sites for hydroxylation is 2. The predicted octanol–water partition coefficient (Wildman–Crippen LogP) is 2.25. The standard InChI is InChI=1S/C17H25N3O4S/c1-4-13-11(3)9-14(25-13)16(22)19-18-15(21)12-7-6-8-20(10-12)17(23)24-5-2/h9,12H,4-8,10H2,1-3H3,(H,18,21)(H,19,22)/t12-/m0/s1. The van der Waals surface area contributed by atoms with Crippen molar-refractivity contribution in [3.8, 4) is 0 Å². The van der Waals surface area contributed by atoms with E-state index < -0.39 is 6.09 Å². The van der Waals surface area contributed by atoms with E-state index in [1.807, 2.05) is 19.9 Å². The minimum absolute atomic E-state index is 0.286. The number of ether oxygens (including phenoxy) is 1. The van der Waals surface area contributed by atoms with Crippen molar-refractivity contribution in [2.75, 3.05) is 19.7 Å². The Morgan fingerprint density at radius 1 is 1.32 bits per heavy atom. The average molecular weight is 367 g/mol. The number of nitrogens with zero attached hydrogens (tertiary/aromatic N) is 1. The van der Waals surface area contributed by atoms with Crippen LogP contribution in [-0.4, -0.2) is 42.5 Å². The maximum atomic E-state index is 12.3. The van der Waals surface area contributed by atoms with Gasteiger partial charge in [-0.15, -0.1) is 11.3 Å². The van der Waals surface area contributed by atoms with Gasteiger partial charge in [-0.2, -0.15) is 0 Å². The molecule has 8 heteroatoms. The van der Waals surface area contributed by atoms with Crippen molar-refractivity contribution in [1.29, 1.82) is 0 Å². The summed E-state index contributed by atoms with van der Waals surface area (Å²) in [5.74, 6) is -0.958. The van der Waals surface area contributed by atoms with Gasteiger partial charge in [-0.3, -0.25) is 20.4 Å². The van der Waals surface area contributed by atoms with Gasteiger partial charge in [-0.25, -0.2) is 4.79 Å². The lowest BCUT2D eigenvalue weighted by molar-refractivity contribution is -0.127. The number of hydrazine groups is 1. The van der Waals surface area contributed by atoms with Crippen LogP contribution in [0.2, 0.25) is 0 Å². The van der Waals surface area contributed by atoms with Crippen molar-refractivity contribution in [3.63, 3.8) is 0 Å². The minimum Gasteiger partial charge on any atom is -0.450 e. The number of likely N-dealkylation sites (tertiary alicyclic amines) is 1. The summed E-state index contributed by atoms with van der Waals surface area (Å²) in [6.45, 7) is 6.96. The zero-order valence-electron chi connectivity index (χ0n) is 14.9. The van der Waals surface area contributed by atoms with Gasteiger partial charge in [-0.1, -0.05) is 6.92 Å². The fourth-order valence-corrected chi connectivity index (χ4v) is 3.85. The average Bonchev–Trinajstić information content (AvgIpc) is 3.00. The fraction of sp³-hybridized carbons (Fsp3) is 0.588. The Hall–Kier alpha value is -2.09. The SMILES string of the molecule is CCOC(=O)N1CCC[C@H](C(=O)NNC(=O)c2cc(C)c(CC)s2)C1.